The minimum atomic E-state index is -0.504. The van der Waals surface area contributed by atoms with Gasteiger partial charge in [-0.2, -0.15) is 0 Å². The molecule has 2 aromatic carbocycles. The van der Waals surface area contributed by atoms with Crippen molar-refractivity contribution >= 4 is 5.91 Å². The molecule has 1 aromatic heterocycles. The van der Waals surface area contributed by atoms with E-state index in [0.29, 0.717) is 18.9 Å². The van der Waals surface area contributed by atoms with Gasteiger partial charge in [-0.15, -0.1) is 0 Å². The number of hydrogen-bond donors (Lipinski definition) is 0. The van der Waals surface area contributed by atoms with Crippen LogP contribution >= 0.6 is 0 Å². The maximum absolute atomic E-state index is 14.0. The van der Waals surface area contributed by atoms with E-state index < -0.39 is 5.82 Å². The molecule has 4 rings (SSSR count). The van der Waals surface area contributed by atoms with Crippen LogP contribution in [-0.2, 0) is 0 Å². The number of rotatable bonds is 3. The summed E-state index contributed by atoms with van der Waals surface area (Å²) in [6, 6.07) is 13.9. The molecule has 142 valence electrons. The molecule has 0 spiro atoms. The van der Waals surface area contributed by atoms with Crippen LogP contribution in [0.3, 0.4) is 0 Å². The van der Waals surface area contributed by atoms with Crippen LogP contribution in [0.25, 0.3) is 11.4 Å². The van der Waals surface area contributed by atoms with Crippen LogP contribution in [0.5, 0.6) is 0 Å². The molecule has 0 N–H and O–H groups in total. The Bertz CT molecular complexity index is 991. The van der Waals surface area contributed by atoms with E-state index in [9.17, 15) is 13.6 Å². The second kappa shape index (κ2) is 7.84. The summed E-state index contributed by atoms with van der Waals surface area (Å²) in [4.78, 5) is 23.3. The Hall–Kier alpha value is -3.15. The Morgan fingerprint density at radius 2 is 1.82 bits per heavy atom. The zero-order chi connectivity index (χ0) is 19.5. The number of hydrogen-bond acceptors (Lipinski definition) is 3. The third-order valence-corrected chi connectivity index (χ3v) is 5.01. The highest BCUT2D eigenvalue weighted by atomic mass is 19.1. The largest absolute Gasteiger partial charge is 0.338 e. The number of aromatic nitrogens is 2. The summed E-state index contributed by atoms with van der Waals surface area (Å²) in [6.07, 6.45) is 3.39. The SMILES string of the molecule is O=C(c1ccccc1F)N1CCCC(c2ccnc(-c3ccc(F)cc3)n2)C1. The first-order valence-corrected chi connectivity index (χ1v) is 9.24. The number of carbonyl (C=O) groups is 1. The predicted octanol–water partition coefficient (Wildman–Crippen LogP) is 4.44. The smallest absolute Gasteiger partial charge is 0.256 e. The maximum Gasteiger partial charge on any atom is 0.256 e. The van der Waals surface area contributed by atoms with Crippen LogP contribution in [-0.4, -0.2) is 33.9 Å². The lowest BCUT2D eigenvalue weighted by Crippen LogP contribution is -2.39. The highest BCUT2D eigenvalue weighted by Crippen LogP contribution is 2.28. The van der Waals surface area contributed by atoms with Crippen LogP contribution in [0.4, 0.5) is 8.78 Å². The summed E-state index contributed by atoms with van der Waals surface area (Å²) in [7, 11) is 0. The number of carbonyl (C=O) groups excluding carboxylic acids is 1. The molecular formula is C22H19F2N3O. The second-order valence-electron chi connectivity index (χ2n) is 6.88. The van der Waals surface area contributed by atoms with Crippen molar-refractivity contribution in [3.63, 3.8) is 0 Å². The number of likely N-dealkylation sites (tertiary alicyclic amines) is 1. The van der Waals surface area contributed by atoms with Gasteiger partial charge in [-0.3, -0.25) is 4.79 Å². The van der Waals surface area contributed by atoms with E-state index in [1.165, 1.54) is 24.3 Å². The summed E-state index contributed by atoms with van der Waals surface area (Å²) in [5.74, 6) is -0.540. The van der Waals surface area contributed by atoms with Crippen LogP contribution in [0.15, 0.2) is 60.8 Å². The van der Waals surface area contributed by atoms with Gasteiger partial charge in [0.2, 0.25) is 0 Å². The lowest BCUT2D eigenvalue weighted by molar-refractivity contribution is 0.0701. The first-order valence-electron chi connectivity index (χ1n) is 9.24. The van der Waals surface area contributed by atoms with Gasteiger partial charge in [0.05, 0.1) is 5.56 Å². The van der Waals surface area contributed by atoms with E-state index in [1.807, 2.05) is 6.07 Å². The zero-order valence-corrected chi connectivity index (χ0v) is 15.2. The van der Waals surface area contributed by atoms with Crippen LogP contribution in [0, 0.1) is 11.6 Å². The molecule has 0 aliphatic carbocycles. The zero-order valence-electron chi connectivity index (χ0n) is 15.2. The molecular weight excluding hydrogens is 360 g/mol. The fraction of sp³-hybridized carbons (Fsp3) is 0.227. The molecule has 4 nitrogen and oxygen atoms in total. The lowest BCUT2D eigenvalue weighted by atomic mass is 9.94. The summed E-state index contributed by atoms with van der Waals surface area (Å²) in [5, 5.41) is 0. The molecule has 1 fully saturated rings. The Morgan fingerprint density at radius 3 is 2.61 bits per heavy atom. The van der Waals surface area contributed by atoms with Gasteiger partial charge in [0, 0.05) is 36.5 Å². The van der Waals surface area contributed by atoms with Crippen molar-refractivity contribution in [2.45, 2.75) is 18.8 Å². The van der Waals surface area contributed by atoms with Crippen molar-refractivity contribution < 1.29 is 13.6 Å². The molecule has 2 heterocycles. The fourth-order valence-electron chi connectivity index (χ4n) is 3.55. The molecule has 1 saturated heterocycles. The minimum absolute atomic E-state index is 0.0478. The third-order valence-electron chi connectivity index (χ3n) is 5.01. The van der Waals surface area contributed by atoms with Gasteiger partial charge in [0.1, 0.15) is 11.6 Å². The van der Waals surface area contributed by atoms with Crippen LogP contribution in [0.2, 0.25) is 0 Å². The third kappa shape index (κ3) is 3.76. The number of nitrogens with zero attached hydrogens (tertiary/aromatic N) is 3. The van der Waals surface area contributed by atoms with E-state index in [0.717, 1.165) is 24.1 Å². The summed E-state index contributed by atoms with van der Waals surface area (Å²) in [5.41, 5.74) is 1.66. The van der Waals surface area contributed by atoms with Crippen LogP contribution < -0.4 is 0 Å². The van der Waals surface area contributed by atoms with Crippen molar-refractivity contribution in [2.75, 3.05) is 13.1 Å². The van der Waals surface area contributed by atoms with Gasteiger partial charge >= 0.3 is 0 Å². The Kier molecular flexibility index (Phi) is 5.10. The first kappa shape index (κ1) is 18.2. The lowest BCUT2D eigenvalue weighted by Gasteiger charge is -2.32. The van der Waals surface area contributed by atoms with Gasteiger partial charge in [0.25, 0.3) is 5.91 Å². The van der Waals surface area contributed by atoms with Gasteiger partial charge < -0.3 is 4.90 Å². The number of benzene rings is 2. The van der Waals surface area contributed by atoms with Crippen molar-refractivity contribution in [1.82, 2.24) is 14.9 Å². The van der Waals surface area contributed by atoms with E-state index in [4.69, 9.17) is 0 Å². The molecule has 3 aromatic rings. The van der Waals surface area contributed by atoms with E-state index in [-0.39, 0.29) is 23.2 Å². The van der Waals surface area contributed by atoms with Gasteiger partial charge in [0.15, 0.2) is 5.82 Å². The molecule has 6 heteroatoms. The Balaban J connectivity index is 1.55. The normalized spacial score (nSPS) is 16.8. The monoisotopic (exact) mass is 379 g/mol. The van der Waals surface area contributed by atoms with Crippen molar-refractivity contribution in [3.05, 3.63) is 83.7 Å². The van der Waals surface area contributed by atoms with Crippen molar-refractivity contribution in [3.8, 4) is 11.4 Å². The molecule has 1 atom stereocenters. The summed E-state index contributed by atoms with van der Waals surface area (Å²) in [6.45, 7) is 1.08. The average Bonchev–Trinajstić information content (AvgIpc) is 2.74. The van der Waals surface area contributed by atoms with E-state index >= 15 is 0 Å². The average molecular weight is 379 g/mol. The van der Waals surface area contributed by atoms with Gasteiger partial charge in [-0.1, -0.05) is 12.1 Å². The highest BCUT2D eigenvalue weighted by molar-refractivity contribution is 5.94. The molecule has 0 radical (unpaired) electrons. The molecule has 1 unspecified atom stereocenters. The maximum atomic E-state index is 14.0. The van der Waals surface area contributed by atoms with Gasteiger partial charge in [-0.05, 0) is 55.3 Å². The number of piperidine rings is 1. The predicted molar refractivity (Wildman–Crippen MR) is 102 cm³/mol. The first-order chi connectivity index (χ1) is 13.6. The van der Waals surface area contributed by atoms with Gasteiger partial charge in [-0.25, -0.2) is 18.7 Å². The Labute approximate surface area is 161 Å². The van der Waals surface area contributed by atoms with E-state index in [1.54, 1.807) is 35.4 Å². The minimum Gasteiger partial charge on any atom is -0.338 e. The quantitative estimate of drug-likeness (QED) is 0.676. The molecule has 1 aliphatic heterocycles. The Morgan fingerprint density at radius 1 is 1.04 bits per heavy atom. The van der Waals surface area contributed by atoms with Crippen LogP contribution in [0.1, 0.15) is 34.8 Å². The number of amides is 1. The summed E-state index contributed by atoms with van der Waals surface area (Å²) >= 11 is 0. The second-order valence-corrected chi connectivity index (χ2v) is 6.88. The van der Waals surface area contributed by atoms with Crippen molar-refractivity contribution in [1.29, 1.82) is 0 Å². The number of halogens is 2. The van der Waals surface area contributed by atoms with E-state index in [2.05, 4.69) is 9.97 Å². The topological polar surface area (TPSA) is 46.1 Å². The fourth-order valence-corrected chi connectivity index (χ4v) is 3.55. The standard InChI is InChI=1S/C22H19F2N3O/c23-17-9-7-15(8-10-17)21-25-12-11-20(26-21)16-4-3-13-27(14-16)22(28)18-5-1-2-6-19(18)24/h1-2,5-12,16H,3-4,13-14H2. The molecule has 0 bridgehead atoms. The molecule has 1 aliphatic rings. The highest BCUT2D eigenvalue weighted by Gasteiger charge is 2.27. The molecule has 0 saturated carbocycles. The molecule has 28 heavy (non-hydrogen) atoms. The molecule has 1 amide bonds. The van der Waals surface area contributed by atoms with Crippen molar-refractivity contribution in [2.24, 2.45) is 0 Å². The summed E-state index contributed by atoms with van der Waals surface area (Å²) < 4.78 is 27.1.